The Balaban J connectivity index is 3.17. The molecule has 60 valence electrons. The molecule has 1 rings (SSSR count). The van der Waals surface area contributed by atoms with Gasteiger partial charge in [-0.25, -0.2) is 0 Å². The molecule has 0 aliphatic carbocycles. The molecule has 0 aliphatic rings. The minimum atomic E-state index is 0.0578. The summed E-state index contributed by atoms with van der Waals surface area (Å²) in [5.74, 6) is 0. The van der Waals surface area contributed by atoms with Crippen molar-refractivity contribution in [2.24, 2.45) is 0 Å². The van der Waals surface area contributed by atoms with Gasteiger partial charge in [0.15, 0.2) is 0 Å². The van der Waals surface area contributed by atoms with Crippen LogP contribution in [0.25, 0.3) is 0 Å². The molecule has 0 radical (unpaired) electrons. The van der Waals surface area contributed by atoms with E-state index in [0.29, 0.717) is 0 Å². The number of hydrogen-bond donors (Lipinski definition) is 2. The lowest BCUT2D eigenvalue weighted by molar-refractivity contribution is 1.51. The van der Waals surface area contributed by atoms with E-state index in [-0.39, 0.29) is 5.17 Å². The van der Waals surface area contributed by atoms with Gasteiger partial charge in [0.2, 0.25) is 0 Å². The van der Waals surface area contributed by atoms with Crippen molar-refractivity contribution in [3.8, 4) is 0 Å². The SMILES string of the molecule is CNc1scc(Br)c1C(=N)Cl. The van der Waals surface area contributed by atoms with Crippen molar-refractivity contribution in [3.05, 3.63) is 15.4 Å². The van der Waals surface area contributed by atoms with Crippen LogP contribution < -0.4 is 5.32 Å². The predicted molar refractivity (Wildman–Crippen MR) is 54.2 cm³/mol. The first-order chi connectivity index (χ1) is 5.16. The van der Waals surface area contributed by atoms with Gasteiger partial charge in [0.25, 0.3) is 0 Å². The summed E-state index contributed by atoms with van der Waals surface area (Å²) in [6, 6.07) is 0. The van der Waals surface area contributed by atoms with Gasteiger partial charge >= 0.3 is 0 Å². The molecule has 0 saturated carbocycles. The lowest BCUT2D eigenvalue weighted by atomic mass is 10.3. The van der Waals surface area contributed by atoms with Crippen LogP contribution in [0.2, 0.25) is 0 Å². The Labute approximate surface area is 82.2 Å². The molecule has 0 amide bonds. The maximum absolute atomic E-state index is 7.24. The van der Waals surface area contributed by atoms with Crippen molar-refractivity contribution in [1.82, 2.24) is 0 Å². The third-order valence-corrected chi connectivity index (χ3v) is 3.31. The van der Waals surface area contributed by atoms with Crippen molar-refractivity contribution < 1.29 is 0 Å². The van der Waals surface area contributed by atoms with Gasteiger partial charge < -0.3 is 5.32 Å². The summed E-state index contributed by atoms with van der Waals surface area (Å²) in [5, 5.41) is 13.1. The highest BCUT2D eigenvalue weighted by atomic mass is 79.9. The highest BCUT2D eigenvalue weighted by molar-refractivity contribution is 9.10. The van der Waals surface area contributed by atoms with E-state index in [1.807, 2.05) is 12.4 Å². The first kappa shape index (κ1) is 9.03. The summed E-state index contributed by atoms with van der Waals surface area (Å²) >= 11 is 10.4. The number of thiophene rings is 1. The Kier molecular flexibility index (Phi) is 2.92. The van der Waals surface area contributed by atoms with Crippen LogP contribution in [-0.2, 0) is 0 Å². The van der Waals surface area contributed by atoms with Crippen molar-refractivity contribution in [3.63, 3.8) is 0 Å². The summed E-state index contributed by atoms with van der Waals surface area (Å²) in [7, 11) is 1.81. The molecule has 0 aromatic carbocycles. The van der Waals surface area contributed by atoms with Gasteiger partial charge in [-0.05, 0) is 15.9 Å². The lowest BCUT2D eigenvalue weighted by Crippen LogP contribution is -1.93. The number of anilines is 1. The van der Waals surface area contributed by atoms with Gasteiger partial charge in [-0.3, -0.25) is 5.41 Å². The van der Waals surface area contributed by atoms with E-state index in [1.165, 1.54) is 11.3 Å². The van der Waals surface area contributed by atoms with E-state index >= 15 is 0 Å². The van der Waals surface area contributed by atoms with E-state index in [0.717, 1.165) is 15.0 Å². The van der Waals surface area contributed by atoms with Crippen LogP contribution in [0.3, 0.4) is 0 Å². The molecule has 0 fully saturated rings. The fourth-order valence-corrected chi connectivity index (χ4v) is 2.69. The molecule has 0 unspecified atom stereocenters. The topological polar surface area (TPSA) is 35.9 Å². The van der Waals surface area contributed by atoms with Gasteiger partial charge in [0.1, 0.15) is 5.17 Å². The van der Waals surface area contributed by atoms with E-state index in [4.69, 9.17) is 17.0 Å². The molecule has 0 saturated heterocycles. The quantitative estimate of drug-likeness (QED) is 0.781. The Bertz CT molecular complexity index is 284. The van der Waals surface area contributed by atoms with Gasteiger partial charge in [0, 0.05) is 16.9 Å². The zero-order valence-corrected chi connectivity index (χ0v) is 8.90. The van der Waals surface area contributed by atoms with Crippen LogP contribution in [0.15, 0.2) is 9.85 Å². The fraction of sp³-hybridized carbons (Fsp3) is 0.167. The van der Waals surface area contributed by atoms with Crippen LogP contribution >= 0.6 is 38.9 Å². The van der Waals surface area contributed by atoms with Gasteiger partial charge in [-0.2, -0.15) is 0 Å². The minimum absolute atomic E-state index is 0.0578. The summed E-state index contributed by atoms with van der Waals surface area (Å²) < 4.78 is 0.867. The number of nitrogens with one attached hydrogen (secondary N) is 2. The average molecular weight is 254 g/mol. The van der Waals surface area contributed by atoms with Crippen molar-refractivity contribution in [2.45, 2.75) is 0 Å². The molecule has 0 spiro atoms. The molecule has 2 N–H and O–H groups in total. The number of rotatable bonds is 2. The molecule has 1 aromatic heterocycles. The molecule has 5 heteroatoms. The predicted octanol–water partition coefficient (Wildman–Crippen LogP) is 3.12. The molecule has 2 nitrogen and oxygen atoms in total. The maximum Gasteiger partial charge on any atom is 0.132 e. The summed E-state index contributed by atoms with van der Waals surface area (Å²) in [5.41, 5.74) is 0.735. The summed E-state index contributed by atoms with van der Waals surface area (Å²) in [6.07, 6.45) is 0. The smallest absolute Gasteiger partial charge is 0.132 e. The van der Waals surface area contributed by atoms with E-state index in [2.05, 4.69) is 21.2 Å². The second kappa shape index (κ2) is 3.56. The largest absolute Gasteiger partial charge is 0.379 e. The van der Waals surface area contributed by atoms with Crippen molar-refractivity contribution in [1.29, 1.82) is 5.41 Å². The summed E-state index contributed by atoms with van der Waals surface area (Å²) in [6.45, 7) is 0. The molecular formula is C6H6BrClN2S. The van der Waals surface area contributed by atoms with Crippen molar-refractivity contribution in [2.75, 3.05) is 12.4 Å². The Morgan fingerprint density at radius 1 is 1.82 bits per heavy atom. The first-order valence-corrected chi connectivity index (χ1v) is 4.91. The number of hydrogen-bond acceptors (Lipinski definition) is 3. The molecule has 0 atom stereocenters. The zero-order chi connectivity index (χ0) is 8.43. The number of halogens is 2. The van der Waals surface area contributed by atoms with Crippen LogP contribution in [0, 0.1) is 5.41 Å². The second-order valence-electron chi connectivity index (χ2n) is 1.85. The van der Waals surface area contributed by atoms with E-state index in [1.54, 1.807) is 0 Å². The van der Waals surface area contributed by atoms with Gasteiger partial charge in [-0.1, -0.05) is 11.6 Å². The first-order valence-electron chi connectivity index (χ1n) is 2.86. The molecule has 1 aromatic rings. The van der Waals surface area contributed by atoms with Crippen molar-refractivity contribution >= 4 is 49.0 Å². The third-order valence-electron chi connectivity index (χ3n) is 1.19. The minimum Gasteiger partial charge on any atom is -0.379 e. The average Bonchev–Trinajstić information content (AvgIpc) is 2.30. The monoisotopic (exact) mass is 252 g/mol. The molecule has 0 aliphatic heterocycles. The summed E-state index contributed by atoms with van der Waals surface area (Å²) in [4.78, 5) is 0. The van der Waals surface area contributed by atoms with Gasteiger partial charge in [-0.15, -0.1) is 11.3 Å². The standard InChI is InChI=1S/C6H6BrClN2S/c1-10-6-4(5(8)9)3(7)2-11-6/h2,9-10H,1H3. The maximum atomic E-state index is 7.24. The normalized spacial score (nSPS) is 9.73. The molecule has 0 bridgehead atoms. The van der Waals surface area contributed by atoms with Crippen LogP contribution in [0.4, 0.5) is 5.00 Å². The highest BCUT2D eigenvalue weighted by Gasteiger charge is 2.11. The molecule has 11 heavy (non-hydrogen) atoms. The van der Waals surface area contributed by atoms with Gasteiger partial charge in [0.05, 0.1) is 10.6 Å². The zero-order valence-electron chi connectivity index (χ0n) is 5.74. The van der Waals surface area contributed by atoms with E-state index < -0.39 is 0 Å². The van der Waals surface area contributed by atoms with E-state index in [9.17, 15) is 0 Å². The molecule has 1 heterocycles. The third kappa shape index (κ3) is 1.75. The van der Waals surface area contributed by atoms with Crippen LogP contribution in [0.1, 0.15) is 5.56 Å². The van der Waals surface area contributed by atoms with Crippen LogP contribution in [0.5, 0.6) is 0 Å². The van der Waals surface area contributed by atoms with Crippen LogP contribution in [-0.4, -0.2) is 12.2 Å². The Morgan fingerprint density at radius 3 is 2.82 bits per heavy atom. The lowest BCUT2D eigenvalue weighted by Gasteiger charge is -1.98. The second-order valence-corrected chi connectivity index (χ2v) is 3.96. The fourth-order valence-electron chi connectivity index (χ4n) is 0.725. The Hall–Kier alpha value is -0.0600. The highest BCUT2D eigenvalue weighted by Crippen LogP contribution is 2.32. The Morgan fingerprint density at radius 2 is 2.45 bits per heavy atom. The molecular weight excluding hydrogens is 248 g/mol.